The van der Waals surface area contributed by atoms with E-state index < -0.39 is 17.4 Å². The van der Waals surface area contributed by atoms with Crippen molar-refractivity contribution in [2.45, 2.75) is 76.9 Å². The van der Waals surface area contributed by atoms with Crippen LogP contribution in [-0.4, -0.2) is 114 Å². The zero-order chi connectivity index (χ0) is 41.9. The lowest BCUT2D eigenvalue weighted by atomic mass is 9.70. The van der Waals surface area contributed by atoms with Gasteiger partial charge < -0.3 is 25.4 Å². The Kier molecular flexibility index (Phi) is 10.2. The van der Waals surface area contributed by atoms with Crippen molar-refractivity contribution in [3.05, 3.63) is 93.2 Å². The third-order valence-electron chi connectivity index (χ3n) is 13.5. The minimum atomic E-state index is -0.682. The quantitative estimate of drug-likeness (QED) is 0.143. The topological polar surface area (TPSA) is 174 Å². The molecular weight excluding hydrogens is 759 g/mol. The Balaban J connectivity index is 0.765. The molecule has 4 aliphatic heterocycles. The highest BCUT2D eigenvalue weighted by Gasteiger charge is 2.42. The first-order chi connectivity index (χ1) is 28.9. The van der Waals surface area contributed by atoms with Crippen LogP contribution >= 0.6 is 0 Å². The Bertz CT molecular complexity index is 2480. The molecule has 5 aliphatic rings. The van der Waals surface area contributed by atoms with Crippen molar-refractivity contribution in [1.29, 1.82) is 5.26 Å². The number of anilines is 2. The van der Waals surface area contributed by atoms with Crippen LogP contribution in [0.4, 0.5) is 11.4 Å². The number of carbonyl (C=O) groups excluding carboxylic acids is 5. The number of ketones is 1. The number of aryl methyl sites for hydroxylation is 1. The van der Waals surface area contributed by atoms with Crippen LogP contribution in [0.5, 0.6) is 0 Å². The molecule has 14 nitrogen and oxygen atoms in total. The van der Waals surface area contributed by atoms with E-state index in [1.807, 2.05) is 18.2 Å². The third kappa shape index (κ3) is 6.89. The number of fused-ring (bicyclic) bond motifs is 5. The number of carbonyl (C=O) groups is 5. The number of nitriles is 1. The van der Waals surface area contributed by atoms with E-state index in [4.69, 9.17) is 0 Å². The molecule has 0 radical (unpaired) electrons. The summed E-state index contributed by atoms with van der Waals surface area (Å²) in [5.74, 6) is -1.03. The lowest BCUT2D eigenvalue weighted by Crippen LogP contribution is -2.54. The van der Waals surface area contributed by atoms with E-state index in [0.717, 1.165) is 97.5 Å². The van der Waals surface area contributed by atoms with Crippen LogP contribution in [0.25, 0.3) is 10.9 Å². The molecule has 5 heterocycles. The van der Waals surface area contributed by atoms with Crippen LogP contribution < -0.4 is 20.9 Å². The number of imide groups is 1. The van der Waals surface area contributed by atoms with E-state index >= 15 is 0 Å². The Morgan fingerprint density at radius 3 is 2.47 bits per heavy atom. The molecule has 3 saturated heterocycles. The van der Waals surface area contributed by atoms with E-state index in [9.17, 15) is 29.2 Å². The number of amides is 4. The van der Waals surface area contributed by atoms with E-state index in [2.05, 4.69) is 74.6 Å². The Hall–Kier alpha value is -6.04. The number of nitrogens with zero attached hydrogens (tertiary/aromatic N) is 5. The van der Waals surface area contributed by atoms with Crippen molar-refractivity contribution in [1.82, 2.24) is 30.3 Å². The fourth-order valence-corrected chi connectivity index (χ4v) is 10.2. The van der Waals surface area contributed by atoms with Crippen molar-refractivity contribution in [2.75, 3.05) is 62.7 Å². The maximum Gasteiger partial charge on any atom is 0.255 e. The van der Waals surface area contributed by atoms with Gasteiger partial charge in [0, 0.05) is 108 Å². The predicted octanol–water partition coefficient (Wildman–Crippen LogP) is 4.01. The lowest BCUT2D eigenvalue weighted by molar-refractivity contribution is -0.137. The molecule has 3 aromatic carbocycles. The van der Waals surface area contributed by atoms with Gasteiger partial charge in [0.25, 0.3) is 5.91 Å². The van der Waals surface area contributed by atoms with E-state index in [0.29, 0.717) is 35.7 Å². The Morgan fingerprint density at radius 2 is 1.73 bits per heavy atom. The van der Waals surface area contributed by atoms with Gasteiger partial charge in [-0.05, 0) is 73.2 Å². The molecule has 310 valence electrons. The molecule has 0 saturated carbocycles. The van der Waals surface area contributed by atoms with Gasteiger partial charge in [-0.1, -0.05) is 32.9 Å². The molecule has 4 amide bonds. The molecule has 1 aromatic heterocycles. The monoisotopic (exact) mass is 809 g/mol. The number of hydrogen-bond acceptors (Lipinski definition) is 10. The second-order valence-electron chi connectivity index (χ2n) is 17.3. The van der Waals surface area contributed by atoms with Crippen LogP contribution in [0.1, 0.15) is 101 Å². The largest absolute Gasteiger partial charge is 0.371 e. The van der Waals surface area contributed by atoms with Crippen molar-refractivity contribution in [3.63, 3.8) is 0 Å². The summed E-state index contributed by atoms with van der Waals surface area (Å²) in [6.45, 7) is 12.6. The molecule has 14 heteroatoms. The molecule has 1 atom stereocenters. The van der Waals surface area contributed by atoms with Crippen molar-refractivity contribution >= 4 is 51.7 Å². The first-order valence-electron chi connectivity index (χ1n) is 21.2. The highest BCUT2D eigenvalue weighted by molar-refractivity contribution is 6.20. The minimum Gasteiger partial charge on any atom is -0.371 e. The summed E-state index contributed by atoms with van der Waals surface area (Å²) < 4.78 is 0. The van der Waals surface area contributed by atoms with Gasteiger partial charge in [-0.2, -0.15) is 5.26 Å². The summed E-state index contributed by atoms with van der Waals surface area (Å²) in [6, 6.07) is 17.3. The number of piperidine rings is 2. The number of aromatic nitrogens is 1. The number of piperazine rings is 1. The number of benzene rings is 3. The van der Waals surface area contributed by atoms with E-state index in [1.165, 1.54) is 16.2 Å². The molecule has 4 N–H and O–H groups in total. The maximum atomic E-state index is 14.1. The third-order valence-corrected chi connectivity index (χ3v) is 13.5. The normalized spacial score (nSPS) is 20.7. The zero-order valence-electron chi connectivity index (χ0n) is 34.5. The summed E-state index contributed by atoms with van der Waals surface area (Å²) in [5.41, 5.74) is 8.82. The number of rotatable bonds is 9. The summed E-state index contributed by atoms with van der Waals surface area (Å²) in [5, 5.41) is 18.9. The van der Waals surface area contributed by atoms with Gasteiger partial charge in [0.05, 0.1) is 30.4 Å². The molecule has 9 rings (SSSR count). The SMILES string of the molecule is CCc1cc2c(cc1N1CCC(N3CCN(CC(=O)NCNc4cccc5c4CN(C4CCC(=O)NC4=O)C5=O)CC3)CC1)C(C)(C)c1[nH]c3cc(C#N)ccc3c1C2=O. The molecule has 1 aliphatic carbocycles. The van der Waals surface area contributed by atoms with Crippen molar-refractivity contribution < 1.29 is 24.0 Å². The molecule has 4 aromatic rings. The first-order valence-corrected chi connectivity index (χ1v) is 21.2. The number of nitrogens with one attached hydrogen (secondary N) is 4. The number of aromatic amines is 1. The van der Waals surface area contributed by atoms with Crippen LogP contribution in [0.2, 0.25) is 0 Å². The maximum absolute atomic E-state index is 14.1. The zero-order valence-corrected chi connectivity index (χ0v) is 34.5. The number of hydrogen-bond donors (Lipinski definition) is 4. The summed E-state index contributed by atoms with van der Waals surface area (Å²) >= 11 is 0. The van der Waals surface area contributed by atoms with Gasteiger partial charge >= 0.3 is 0 Å². The molecule has 0 spiro atoms. The average molecular weight is 810 g/mol. The number of H-pyrrole nitrogens is 1. The summed E-state index contributed by atoms with van der Waals surface area (Å²) in [4.78, 5) is 76.7. The standard InChI is InChI=1S/C46H51N9O5/c1-4-28-21-32-34(46(2,3)43-41(42(32)58)31-9-8-27(23-47)20-36(31)50-43)22-38(28)54-14-12-29(13-15-54)53-18-16-52(17-19-53)25-40(57)49-26-48-35-7-5-6-30-33(35)24-55(45(30)60)37-10-11-39(56)51-44(37)59/h5-9,20-22,29,37,48,50H,4,10-19,24-26H2,1-3H3,(H,49,57)(H,51,56,59). The van der Waals surface area contributed by atoms with Crippen LogP contribution in [0.3, 0.4) is 0 Å². The highest BCUT2D eigenvalue weighted by atomic mass is 16.2. The Labute approximate surface area is 349 Å². The summed E-state index contributed by atoms with van der Waals surface area (Å²) in [7, 11) is 0. The molecular formula is C46H51N9O5. The smallest absolute Gasteiger partial charge is 0.255 e. The minimum absolute atomic E-state index is 0.0407. The molecule has 3 fully saturated rings. The first kappa shape index (κ1) is 39.4. The van der Waals surface area contributed by atoms with Gasteiger partial charge in [0.1, 0.15) is 6.04 Å². The van der Waals surface area contributed by atoms with Crippen molar-refractivity contribution in [2.24, 2.45) is 0 Å². The van der Waals surface area contributed by atoms with E-state index in [1.54, 1.807) is 18.2 Å². The molecule has 0 bridgehead atoms. The fraction of sp³-hybridized carbons (Fsp3) is 0.435. The summed E-state index contributed by atoms with van der Waals surface area (Å²) in [6.07, 6.45) is 3.42. The molecule has 1 unspecified atom stereocenters. The van der Waals surface area contributed by atoms with Crippen LogP contribution in [-0.2, 0) is 32.8 Å². The van der Waals surface area contributed by atoms with Gasteiger partial charge in [0.2, 0.25) is 17.7 Å². The Morgan fingerprint density at radius 1 is 0.950 bits per heavy atom. The average Bonchev–Trinajstić information content (AvgIpc) is 3.81. The fourth-order valence-electron chi connectivity index (χ4n) is 10.2. The van der Waals surface area contributed by atoms with Gasteiger partial charge in [-0.3, -0.25) is 39.1 Å². The second-order valence-corrected chi connectivity index (χ2v) is 17.3. The highest BCUT2D eigenvalue weighted by Crippen LogP contribution is 2.46. The molecule has 60 heavy (non-hydrogen) atoms. The van der Waals surface area contributed by atoms with E-state index in [-0.39, 0.29) is 43.1 Å². The second kappa shape index (κ2) is 15.5. The van der Waals surface area contributed by atoms with Gasteiger partial charge in [-0.15, -0.1) is 0 Å². The van der Waals surface area contributed by atoms with Gasteiger partial charge in [0.15, 0.2) is 5.78 Å². The van der Waals surface area contributed by atoms with Crippen molar-refractivity contribution in [3.8, 4) is 6.07 Å². The predicted molar refractivity (Wildman–Crippen MR) is 227 cm³/mol. The van der Waals surface area contributed by atoms with Gasteiger partial charge in [-0.25, -0.2) is 0 Å². The lowest BCUT2D eigenvalue weighted by Gasteiger charge is -2.44. The van der Waals surface area contributed by atoms with Crippen LogP contribution in [0.15, 0.2) is 48.5 Å². The van der Waals surface area contributed by atoms with Crippen LogP contribution in [0, 0.1) is 11.3 Å².